The van der Waals surface area contributed by atoms with Crippen LogP contribution < -0.4 is 9.64 Å². The minimum absolute atomic E-state index is 0.0260. The first-order valence-electron chi connectivity index (χ1n) is 7.61. The van der Waals surface area contributed by atoms with Gasteiger partial charge in [-0.1, -0.05) is 11.6 Å². The van der Waals surface area contributed by atoms with E-state index in [9.17, 15) is 17.9 Å². The molecule has 25 heavy (non-hydrogen) atoms. The van der Waals surface area contributed by atoms with Crippen LogP contribution in [0.15, 0.2) is 5.16 Å². The summed E-state index contributed by atoms with van der Waals surface area (Å²) in [6, 6.07) is -0.449. The van der Waals surface area contributed by atoms with Crippen molar-refractivity contribution in [1.82, 2.24) is 15.0 Å². The number of hydrogen-bond donors (Lipinski definition) is 1. The van der Waals surface area contributed by atoms with Crippen LogP contribution in [0.25, 0.3) is 10.9 Å². The Balaban J connectivity index is 2.09. The van der Waals surface area contributed by atoms with Crippen LogP contribution in [0.1, 0.15) is 12.8 Å². The molecule has 0 unspecified atom stereocenters. The highest BCUT2D eigenvalue weighted by molar-refractivity contribution is 7.90. The summed E-state index contributed by atoms with van der Waals surface area (Å²) >= 11 is 5.81. The van der Waals surface area contributed by atoms with E-state index in [4.69, 9.17) is 16.3 Å². The SMILES string of the molecule is CS(=O)(=O)c1nc2c3c(nc(Cl)c(F)c3n1)OC[C@@H]1[C@H](O)CCCN21. The summed E-state index contributed by atoms with van der Waals surface area (Å²) in [7, 11) is -3.79. The molecule has 134 valence electrons. The Morgan fingerprint density at radius 1 is 1.36 bits per heavy atom. The average molecular weight is 389 g/mol. The van der Waals surface area contributed by atoms with Crippen molar-refractivity contribution in [2.45, 2.75) is 30.1 Å². The molecular weight excluding hydrogens is 375 g/mol. The van der Waals surface area contributed by atoms with Gasteiger partial charge >= 0.3 is 0 Å². The molecule has 1 fully saturated rings. The molecule has 2 aromatic rings. The standard InChI is InChI=1S/C14H14ClFN4O4S/c1-25(22,23)14-17-10-8-12(19-14)20-4-2-3-7(21)6(20)5-24-13(8)18-11(15)9(10)16/h6-7,21H,2-5H2,1H3/t6-,7-/m1/s1. The number of pyridine rings is 1. The van der Waals surface area contributed by atoms with E-state index in [1.165, 1.54) is 0 Å². The van der Waals surface area contributed by atoms with Crippen LogP contribution in [-0.2, 0) is 9.84 Å². The van der Waals surface area contributed by atoms with E-state index in [1.54, 1.807) is 4.90 Å². The number of anilines is 1. The van der Waals surface area contributed by atoms with Gasteiger partial charge < -0.3 is 14.7 Å². The summed E-state index contributed by atoms with van der Waals surface area (Å²) in [5.41, 5.74) is -0.263. The highest BCUT2D eigenvalue weighted by atomic mass is 35.5. The van der Waals surface area contributed by atoms with E-state index in [1.807, 2.05) is 0 Å². The molecule has 4 rings (SSSR count). The summed E-state index contributed by atoms with van der Waals surface area (Å²) in [6.45, 7) is 0.611. The van der Waals surface area contributed by atoms with Crippen molar-refractivity contribution in [2.75, 3.05) is 24.3 Å². The van der Waals surface area contributed by atoms with Crippen LogP contribution in [0.4, 0.5) is 10.2 Å². The third-order valence-electron chi connectivity index (χ3n) is 4.41. The van der Waals surface area contributed by atoms with Crippen LogP contribution in [0.2, 0.25) is 5.15 Å². The second-order valence-corrected chi connectivity index (χ2v) is 8.40. The Bertz CT molecular complexity index is 987. The molecule has 2 aromatic heterocycles. The van der Waals surface area contributed by atoms with Crippen molar-refractivity contribution in [1.29, 1.82) is 0 Å². The maximum Gasteiger partial charge on any atom is 0.249 e. The zero-order valence-electron chi connectivity index (χ0n) is 13.1. The molecule has 1 N–H and O–H groups in total. The van der Waals surface area contributed by atoms with Gasteiger partial charge in [0.2, 0.25) is 20.9 Å². The van der Waals surface area contributed by atoms with Gasteiger partial charge in [0.05, 0.1) is 12.1 Å². The van der Waals surface area contributed by atoms with E-state index >= 15 is 0 Å². The normalized spacial score (nSPS) is 23.1. The summed E-state index contributed by atoms with van der Waals surface area (Å²) in [6.07, 6.45) is 1.51. The number of sulfone groups is 1. The Kier molecular flexibility index (Phi) is 3.74. The van der Waals surface area contributed by atoms with Crippen LogP contribution in [0, 0.1) is 5.82 Å². The lowest BCUT2D eigenvalue weighted by Gasteiger charge is -2.38. The largest absolute Gasteiger partial charge is 0.475 e. The predicted octanol–water partition coefficient (Wildman–Crippen LogP) is 0.943. The summed E-state index contributed by atoms with van der Waals surface area (Å²) in [5, 5.41) is 9.48. The minimum Gasteiger partial charge on any atom is -0.475 e. The Labute approximate surface area is 147 Å². The molecule has 1 saturated heterocycles. The minimum atomic E-state index is -3.79. The Hall–Kier alpha value is -1.78. The molecule has 11 heteroatoms. The van der Waals surface area contributed by atoms with E-state index in [0.29, 0.717) is 19.4 Å². The molecule has 0 bridgehead atoms. The van der Waals surface area contributed by atoms with Crippen molar-refractivity contribution < 1.29 is 22.7 Å². The van der Waals surface area contributed by atoms with Gasteiger partial charge in [-0.05, 0) is 12.8 Å². The number of fused-ring (bicyclic) bond motifs is 2. The number of aliphatic hydroxyl groups excluding tert-OH is 1. The van der Waals surface area contributed by atoms with Crippen LogP contribution >= 0.6 is 11.6 Å². The van der Waals surface area contributed by atoms with Crippen molar-refractivity contribution in [3.63, 3.8) is 0 Å². The van der Waals surface area contributed by atoms with Gasteiger partial charge in [0.25, 0.3) is 0 Å². The number of ether oxygens (including phenoxy) is 1. The molecule has 0 aliphatic carbocycles. The summed E-state index contributed by atoms with van der Waals surface area (Å²) in [4.78, 5) is 13.6. The van der Waals surface area contributed by atoms with Crippen molar-refractivity contribution in [3.05, 3.63) is 11.0 Å². The van der Waals surface area contributed by atoms with Crippen LogP contribution in [0.5, 0.6) is 5.88 Å². The van der Waals surface area contributed by atoms with Gasteiger partial charge in [-0.2, -0.15) is 4.98 Å². The van der Waals surface area contributed by atoms with Crippen molar-refractivity contribution in [2.24, 2.45) is 0 Å². The first kappa shape index (κ1) is 16.7. The molecule has 0 saturated carbocycles. The van der Waals surface area contributed by atoms with Crippen molar-refractivity contribution in [3.8, 4) is 5.88 Å². The second kappa shape index (κ2) is 5.61. The predicted molar refractivity (Wildman–Crippen MR) is 87.3 cm³/mol. The molecule has 0 radical (unpaired) electrons. The molecule has 2 aliphatic rings. The molecule has 2 aliphatic heterocycles. The Morgan fingerprint density at radius 3 is 2.84 bits per heavy atom. The number of hydrogen-bond acceptors (Lipinski definition) is 8. The summed E-state index contributed by atoms with van der Waals surface area (Å²) < 4.78 is 44.1. The van der Waals surface area contributed by atoms with Gasteiger partial charge in [0, 0.05) is 12.8 Å². The van der Waals surface area contributed by atoms with E-state index in [0.717, 1.165) is 6.26 Å². The van der Waals surface area contributed by atoms with Crippen LogP contribution in [-0.4, -0.2) is 60.0 Å². The van der Waals surface area contributed by atoms with E-state index < -0.39 is 38.1 Å². The molecule has 0 amide bonds. The molecule has 8 nitrogen and oxygen atoms in total. The van der Waals surface area contributed by atoms with Crippen LogP contribution in [0.3, 0.4) is 0 Å². The fourth-order valence-corrected chi connectivity index (χ4v) is 3.90. The maximum atomic E-state index is 14.5. The lowest BCUT2D eigenvalue weighted by Crippen LogP contribution is -2.51. The number of aromatic nitrogens is 3. The van der Waals surface area contributed by atoms with Gasteiger partial charge in [-0.15, -0.1) is 0 Å². The lowest BCUT2D eigenvalue weighted by molar-refractivity contribution is 0.0877. The number of halogens is 2. The molecular formula is C14H14ClFN4O4S. The van der Waals surface area contributed by atoms with E-state index in [2.05, 4.69) is 15.0 Å². The number of nitrogens with zero attached hydrogens (tertiary/aromatic N) is 4. The third kappa shape index (κ3) is 2.59. The molecule has 4 heterocycles. The zero-order valence-corrected chi connectivity index (χ0v) is 14.7. The first-order chi connectivity index (χ1) is 11.8. The van der Waals surface area contributed by atoms with Crippen molar-refractivity contribution >= 4 is 38.2 Å². The fraction of sp³-hybridized carbons (Fsp3) is 0.500. The maximum absolute atomic E-state index is 14.5. The smallest absolute Gasteiger partial charge is 0.249 e. The van der Waals surface area contributed by atoms with Gasteiger partial charge in [0.15, 0.2) is 11.0 Å². The molecule has 0 aromatic carbocycles. The fourth-order valence-electron chi connectivity index (χ4n) is 3.22. The van der Waals surface area contributed by atoms with Gasteiger partial charge in [-0.3, -0.25) is 0 Å². The number of rotatable bonds is 1. The molecule has 0 spiro atoms. The van der Waals surface area contributed by atoms with Gasteiger partial charge in [0.1, 0.15) is 23.3 Å². The number of piperidine rings is 1. The van der Waals surface area contributed by atoms with E-state index in [-0.39, 0.29) is 29.2 Å². The average Bonchev–Trinajstić information content (AvgIpc) is 2.70. The highest BCUT2D eigenvalue weighted by Gasteiger charge is 2.37. The third-order valence-corrected chi connectivity index (χ3v) is 5.51. The lowest BCUT2D eigenvalue weighted by atomic mass is 9.99. The highest BCUT2D eigenvalue weighted by Crippen LogP contribution is 2.40. The quantitative estimate of drug-likeness (QED) is 0.568. The monoisotopic (exact) mass is 388 g/mol. The Morgan fingerprint density at radius 2 is 2.12 bits per heavy atom. The zero-order chi connectivity index (χ0) is 17.9. The molecule has 2 atom stereocenters. The summed E-state index contributed by atoms with van der Waals surface area (Å²) in [5.74, 6) is -0.726. The first-order valence-corrected chi connectivity index (χ1v) is 9.88. The van der Waals surface area contributed by atoms with Gasteiger partial charge in [-0.25, -0.2) is 22.8 Å². The topological polar surface area (TPSA) is 106 Å². The second-order valence-electron chi connectivity index (χ2n) is 6.13. The number of aliphatic hydroxyl groups is 1.